The van der Waals surface area contributed by atoms with E-state index >= 15 is 0 Å². The quantitative estimate of drug-likeness (QED) is 0.903. The molecule has 2 rings (SSSR count). The molecule has 0 atom stereocenters. The second-order valence-electron chi connectivity index (χ2n) is 6.00. The van der Waals surface area contributed by atoms with Gasteiger partial charge < -0.3 is 15.1 Å². The van der Waals surface area contributed by atoms with Crippen LogP contribution in [0.5, 0.6) is 0 Å². The summed E-state index contributed by atoms with van der Waals surface area (Å²) >= 11 is 0. The minimum absolute atomic E-state index is 0.0585. The van der Waals surface area contributed by atoms with Crippen LogP contribution < -0.4 is 15.1 Å². The molecule has 22 heavy (non-hydrogen) atoms. The highest BCUT2D eigenvalue weighted by molar-refractivity contribution is 5.96. The van der Waals surface area contributed by atoms with Crippen LogP contribution in [0.2, 0.25) is 0 Å². The molecule has 0 aliphatic heterocycles. The Kier molecular flexibility index (Phi) is 4.95. The largest absolute Gasteiger partial charge is 0.361 e. The Bertz CT molecular complexity index is 561. The van der Waals surface area contributed by atoms with E-state index in [4.69, 9.17) is 0 Å². The summed E-state index contributed by atoms with van der Waals surface area (Å²) in [5, 5.41) is 2.91. The molecule has 1 fully saturated rings. The maximum Gasteiger partial charge on any atom is 0.227 e. The van der Waals surface area contributed by atoms with Crippen molar-refractivity contribution in [1.29, 1.82) is 0 Å². The molecule has 0 saturated heterocycles. The molecule has 1 aliphatic carbocycles. The van der Waals surface area contributed by atoms with E-state index in [1.165, 1.54) is 0 Å². The standard InChI is InChI=1S/C15H23N5O2/c1-19(2)13-12(9-16-15(18-13)20(3)4)17-14(22)10-5-7-11(21)8-6-10/h9-10H,5-8H2,1-4H3,(H,17,22). The maximum absolute atomic E-state index is 12.4. The Balaban J connectivity index is 2.14. The average molecular weight is 305 g/mol. The average Bonchev–Trinajstić information content (AvgIpc) is 2.47. The smallest absolute Gasteiger partial charge is 0.227 e. The fraction of sp³-hybridized carbons (Fsp3) is 0.600. The molecule has 1 heterocycles. The molecule has 1 amide bonds. The lowest BCUT2D eigenvalue weighted by Gasteiger charge is -2.23. The molecule has 0 aromatic carbocycles. The molecule has 1 saturated carbocycles. The van der Waals surface area contributed by atoms with Crippen LogP contribution in [0.15, 0.2) is 6.20 Å². The van der Waals surface area contributed by atoms with Gasteiger partial charge in [0.2, 0.25) is 11.9 Å². The Morgan fingerprint density at radius 2 is 1.82 bits per heavy atom. The lowest BCUT2D eigenvalue weighted by atomic mass is 9.88. The number of ketones is 1. The summed E-state index contributed by atoms with van der Waals surface area (Å²) in [6.45, 7) is 0. The highest BCUT2D eigenvalue weighted by atomic mass is 16.2. The second kappa shape index (κ2) is 6.72. The van der Waals surface area contributed by atoms with Gasteiger partial charge in [0.05, 0.1) is 6.20 Å². The number of aromatic nitrogens is 2. The van der Waals surface area contributed by atoms with Gasteiger partial charge in [-0.2, -0.15) is 4.98 Å². The van der Waals surface area contributed by atoms with E-state index in [2.05, 4.69) is 15.3 Å². The summed E-state index contributed by atoms with van der Waals surface area (Å²) in [5.41, 5.74) is 0.595. The van der Waals surface area contributed by atoms with Crippen LogP contribution in [0.25, 0.3) is 0 Å². The maximum atomic E-state index is 12.4. The van der Waals surface area contributed by atoms with E-state index in [1.54, 1.807) is 6.20 Å². The number of Topliss-reactive ketones (excluding diaryl/α,β-unsaturated/α-hetero) is 1. The number of nitrogens with one attached hydrogen (secondary N) is 1. The van der Waals surface area contributed by atoms with Gasteiger partial charge in [-0.3, -0.25) is 9.59 Å². The van der Waals surface area contributed by atoms with Crippen molar-refractivity contribution in [2.75, 3.05) is 43.3 Å². The van der Waals surface area contributed by atoms with Gasteiger partial charge in [0.1, 0.15) is 11.5 Å². The van der Waals surface area contributed by atoms with Crippen LogP contribution in [0.3, 0.4) is 0 Å². The molecule has 7 nitrogen and oxygen atoms in total. The number of amides is 1. The van der Waals surface area contributed by atoms with Crippen LogP contribution in [0.1, 0.15) is 25.7 Å². The molecule has 7 heteroatoms. The summed E-state index contributed by atoms with van der Waals surface area (Å²) in [4.78, 5) is 36.0. The highest BCUT2D eigenvalue weighted by Gasteiger charge is 2.25. The SMILES string of the molecule is CN(C)c1ncc(NC(=O)C2CCC(=O)CC2)c(N(C)C)n1. The first-order chi connectivity index (χ1) is 10.4. The van der Waals surface area contributed by atoms with Gasteiger partial charge >= 0.3 is 0 Å². The summed E-state index contributed by atoms with van der Waals surface area (Å²) in [6.07, 6.45) is 3.87. The normalized spacial score (nSPS) is 15.5. The van der Waals surface area contributed by atoms with Gasteiger partial charge in [-0.15, -0.1) is 0 Å². The number of nitrogens with zero attached hydrogens (tertiary/aromatic N) is 4. The van der Waals surface area contributed by atoms with Gasteiger partial charge in [0.25, 0.3) is 0 Å². The van der Waals surface area contributed by atoms with Gasteiger partial charge in [-0.1, -0.05) is 0 Å². The van der Waals surface area contributed by atoms with Crippen LogP contribution in [-0.2, 0) is 9.59 Å². The van der Waals surface area contributed by atoms with Crippen molar-refractivity contribution in [3.05, 3.63) is 6.20 Å². The third-order valence-electron chi connectivity index (χ3n) is 3.75. The first-order valence-electron chi connectivity index (χ1n) is 7.42. The van der Waals surface area contributed by atoms with Crippen molar-refractivity contribution in [3.63, 3.8) is 0 Å². The minimum atomic E-state index is -0.110. The Morgan fingerprint density at radius 1 is 1.18 bits per heavy atom. The summed E-state index contributed by atoms with van der Waals surface area (Å²) in [5.74, 6) is 1.33. The molecule has 1 aromatic heterocycles. The fourth-order valence-electron chi connectivity index (χ4n) is 2.45. The molecule has 120 valence electrons. The van der Waals surface area contributed by atoms with E-state index in [9.17, 15) is 9.59 Å². The van der Waals surface area contributed by atoms with Gasteiger partial charge in [-0.05, 0) is 12.8 Å². The summed E-state index contributed by atoms with van der Waals surface area (Å²) < 4.78 is 0. The van der Waals surface area contributed by atoms with E-state index in [-0.39, 0.29) is 17.6 Å². The van der Waals surface area contributed by atoms with E-state index in [1.807, 2.05) is 38.0 Å². The van der Waals surface area contributed by atoms with Crippen LogP contribution in [0.4, 0.5) is 17.5 Å². The molecule has 0 radical (unpaired) electrons. The van der Waals surface area contributed by atoms with E-state index in [0.717, 1.165) is 0 Å². The Morgan fingerprint density at radius 3 is 2.36 bits per heavy atom. The number of anilines is 3. The lowest BCUT2D eigenvalue weighted by molar-refractivity contribution is -0.125. The van der Waals surface area contributed by atoms with Gasteiger partial charge in [0, 0.05) is 47.0 Å². The number of carbonyl (C=O) groups excluding carboxylic acids is 2. The van der Waals surface area contributed by atoms with E-state index in [0.29, 0.717) is 43.1 Å². The summed E-state index contributed by atoms with van der Waals surface area (Å²) in [7, 11) is 7.48. The molecule has 0 unspecified atom stereocenters. The van der Waals surface area contributed by atoms with Crippen molar-refractivity contribution in [1.82, 2.24) is 9.97 Å². The molecular weight excluding hydrogens is 282 g/mol. The number of hydrogen-bond acceptors (Lipinski definition) is 6. The molecule has 0 spiro atoms. The third-order valence-corrected chi connectivity index (χ3v) is 3.75. The number of hydrogen-bond donors (Lipinski definition) is 1. The molecule has 0 bridgehead atoms. The van der Waals surface area contributed by atoms with Gasteiger partial charge in [0.15, 0.2) is 5.82 Å². The third kappa shape index (κ3) is 3.72. The van der Waals surface area contributed by atoms with Crippen molar-refractivity contribution >= 4 is 29.1 Å². The van der Waals surface area contributed by atoms with Crippen LogP contribution in [-0.4, -0.2) is 49.8 Å². The number of rotatable bonds is 4. The fourth-order valence-corrected chi connectivity index (χ4v) is 2.45. The molecular formula is C15H23N5O2. The molecule has 1 aliphatic rings. The van der Waals surface area contributed by atoms with Crippen LogP contribution >= 0.6 is 0 Å². The first kappa shape index (κ1) is 16.2. The van der Waals surface area contributed by atoms with Crippen molar-refractivity contribution < 1.29 is 9.59 Å². The Labute approximate surface area is 130 Å². The lowest BCUT2D eigenvalue weighted by Crippen LogP contribution is -2.28. The molecule has 1 aromatic rings. The highest BCUT2D eigenvalue weighted by Crippen LogP contribution is 2.26. The zero-order valence-corrected chi connectivity index (χ0v) is 13.6. The minimum Gasteiger partial charge on any atom is -0.361 e. The monoisotopic (exact) mass is 305 g/mol. The Hall–Kier alpha value is -2.18. The topological polar surface area (TPSA) is 78.4 Å². The molecule has 1 N–H and O–H groups in total. The first-order valence-corrected chi connectivity index (χ1v) is 7.42. The zero-order chi connectivity index (χ0) is 16.3. The predicted octanol–water partition coefficient (Wildman–Crippen LogP) is 1.31. The van der Waals surface area contributed by atoms with Crippen molar-refractivity contribution in [2.45, 2.75) is 25.7 Å². The van der Waals surface area contributed by atoms with E-state index < -0.39 is 0 Å². The zero-order valence-electron chi connectivity index (χ0n) is 13.6. The van der Waals surface area contributed by atoms with Crippen molar-refractivity contribution in [3.8, 4) is 0 Å². The summed E-state index contributed by atoms with van der Waals surface area (Å²) in [6, 6.07) is 0. The predicted molar refractivity (Wildman–Crippen MR) is 86.3 cm³/mol. The number of carbonyl (C=O) groups is 2. The van der Waals surface area contributed by atoms with Crippen LogP contribution in [0, 0.1) is 5.92 Å². The van der Waals surface area contributed by atoms with Crippen molar-refractivity contribution in [2.24, 2.45) is 5.92 Å². The second-order valence-corrected chi connectivity index (χ2v) is 6.00. The van der Waals surface area contributed by atoms with Gasteiger partial charge in [-0.25, -0.2) is 4.98 Å².